The third kappa shape index (κ3) is 2.84. The molecule has 0 aliphatic carbocycles. The van der Waals surface area contributed by atoms with Crippen LogP contribution >= 0.6 is 0 Å². The number of para-hydroxylation sites is 1. The van der Waals surface area contributed by atoms with E-state index in [2.05, 4.69) is 51.9 Å². The first-order valence-corrected chi connectivity index (χ1v) is 8.86. The zero-order chi connectivity index (χ0) is 19.0. The smallest absolute Gasteiger partial charge is 0.238 e. The Bertz CT molecular complexity index is 1220. The van der Waals surface area contributed by atoms with E-state index in [1.807, 2.05) is 55.0 Å². The van der Waals surface area contributed by atoms with Crippen LogP contribution in [-0.4, -0.2) is 4.98 Å². The molecule has 0 atom stereocenters. The van der Waals surface area contributed by atoms with E-state index in [-0.39, 0.29) is 0 Å². The largest absolute Gasteiger partial charge is 0.292 e. The van der Waals surface area contributed by atoms with Crippen molar-refractivity contribution in [2.45, 2.75) is 20.8 Å². The maximum absolute atomic E-state index is 7.56. The summed E-state index contributed by atoms with van der Waals surface area (Å²) in [6, 6.07) is 18.1. The molecule has 4 rings (SSSR count). The van der Waals surface area contributed by atoms with Crippen LogP contribution in [0.15, 0.2) is 67.1 Å². The molecule has 27 heavy (non-hydrogen) atoms. The van der Waals surface area contributed by atoms with Gasteiger partial charge >= 0.3 is 0 Å². The van der Waals surface area contributed by atoms with Gasteiger partial charge in [0.05, 0.1) is 17.5 Å². The van der Waals surface area contributed by atoms with Gasteiger partial charge in [-0.1, -0.05) is 18.2 Å². The van der Waals surface area contributed by atoms with E-state index in [9.17, 15) is 0 Å². The summed E-state index contributed by atoms with van der Waals surface area (Å²) in [6.45, 7) is 13.8. The SMILES string of the molecule is [C-]#[N+]c1cc(-[n+]2ccccc2C)c(C)c(-[n+]2cnc3ccccc3c2C)c1. The predicted molar refractivity (Wildman–Crippen MR) is 105 cm³/mol. The van der Waals surface area contributed by atoms with Crippen molar-refractivity contribution in [2.75, 3.05) is 0 Å². The number of fused-ring (bicyclic) bond motifs is 1. The van der Waals surface area contributed by atoms with Crippen LogP contribution in [0.4, 0.5) is 5.69 Å². The monoisotopic (exact) mass is 352 g/mol. The van der Waals surface area contributed by atoms with Crippen molar-refractivity contribution in [1.82, 2.24) is 4.98 Å². The number of nitrogens with zero attached hydrogens (tertiary/aromatic N) is 4. The highest BCUT2D eigenvalue weighted by Gasteiger charge is 2.22. The van der Waals surface area contributed by atoms with Crippen LogP contribution in [0.2, 0.25) is 0 Å². The molecule has 2 aromatic carbocycles. The Hall–Kier alpha value is -3.58. The molecule has 4 nitrogen and oxygen atoms in total. The normalized spacial score (nSPS) is 10.7. The molecule has 0 amide bonds. The summed E-state index contributed by atoms with van der Waals surface area (Å²) in [4.78, 5) is 8.32. The van der Waals surface area contributed by atoms with Crippen molar-refractivity contribution >= 4 is 16.6 Å². The fourth-order valence-electron chi connectivity index (χ4n) is 3.50. The molecule has 0 aliphatic rings. The number of rotatable bonds is 2. The summed E-state index contributed by atoms with van der Waals surface area (Å²) in [5.74, 6) is 0. The van der Waals surface area contributed by atoms with Crippen LogP contribution in [0.3, 0.4) is 0 Å². The number of aromatic nitrogens is 3. The van der Waals surface area contributed by atoms with Crippen molar-refractivity contribution < 1.29 is 9.13 Å². The van der Waals surface area contributed by atoms with Crippen molar-refractivity contribution in [2.24, 2.45) is 0 Å². The van der Waals surface area contributed by atoms with Crippen LogP contribution < -0.4 is 9.13 Å². The average molecular weight is 352 g/mol. The maximum atomic E-state index is 7.56. The summed E-state index contributed by atoms with van der Waals surface area (Å²) in [6.07, 6.45) is 3.88. The Labute approximate surface area is 158 Å². The second-order valence-corrected chi connectivity index (χ2v) is 6.65. The van der Waals surface area contributed by atoms with E-state index in [0.29, 0.717) is 5.69 Å². The first-order chi connectivity index (χ1) is 13.1. The van der Waals surface area contributed by atoms with Crippen molar-refractivity contribution in [3.05, 3.63) is 95.5 Å². The molecule has 0 unspecified atom stereocenters. The van der Waals surface area contributed by atoms with Gasteiger partial charge in [0.25, 0.3) is 6.33 Å². The molecule has 130 valence electrons. The molecule has 0 N–H and O–H groups in total. The van der Waals surface area contributed by atoms with E-state index >= 15 is 0 Å². The Kier molecular flexibility index (Phi) is 4.13. The number of benzene rings is 2. The van der Waals surface area contributed by atoms with Gasteiger partial charge < -0.3 is 0 Å². The molecule has 0 aliphatic heterocycles. The minimum absolute atomic E-state index is 0.612. The van der Waals surface area contributed by atoms with E-state index in [4.69, 9.17) is 6.57 Å². The zero-order valence-electron chi connectivity index (χ0n) is 15.6. The van der Waals surface area contributed by atoms with Gasteiger partial charge in [0.15, 0.2) is 23.1 Å². The Balaban J connectivity index is 2.03. The third-order valence-corrected chi connectivity index (χ3v) is 5.02. The van der Waals surface area contributed by atoms with Gasteiger partial charge in [0.2, 0.25) is 5.69 Å². The fourth-order valence-corrected chi connectivity index (χ4v) is 3.50. The Morgan fingerprint density at radius 1 is 0.889 bits per heavy atom. The topological polar surface area (TPSA) is 25.0 Å². The lowest BCUT2D eigenvalue weighted by molar-refractivity contribution is -0.612. The minimum Gasteiger partial charge on any atom is -0.238 e. The Morgan fingerprint density at radius 3 is 2.33 bits per heavy atom. The van der Waals surface area contributed by atoms with Gasteiger partial charge in [-0.05, 0) is 37.0 Å². The third-order valence-electron chi connectivity index (χ3n) is 5.02. The number of aryl methyl sites for hydroxylation is 2. The molecule has 0 bridgehead atoms. The summed E-state index contributed by atoms with van der Waals surface area (Å²) in [5, 5.41) is 1.11. The number of hydrogen-bond donors (Lipinski definition) is 0. The standard InChI is InChI=1S/C23H20N4/c1-16-9-7-8-12-26(16)22-13-19(24-4)14-23(17(22)2)27-15-25-21-11-6-5-10-20(21)18(27)3/h5-15H,1-3H3/q+2. The molecule has 2 aromatic heterocycles. The molecule has 0 radical (unpaired) electrons. The highest BCUT2D eigenvalue weighted by molar-refractivity contribution is 5.79. The number of pyridine rings is 1. The summed E-state index contributed by atoms with van der Waals surface area (Å²) in [7, 11) is 0. The van der Waals surface area contributed by atoms with Crippen molar-refractivity contribution in [3.63, 3.8) is 0 Å². The maximum Gasteiger partial charge on any atom is 0.292 e. The second-order valence-electron chi connectivity index (χ2n) is 6.65. The highest BCUT2D eigenvalue weighted by Crippen LogP contribution is 2.24. The molecule has 2 heterocycles. The lowest BCUT2D eigenvalue weighted by Gasteiger charge is -2.10. The lowest BCUT2D eigenvalue weighted by atomic mass is 10.1. The molecule has 0 saturated carbocycles. The van der Waals surface area contributed by atoms with Crippen LogP contribution in [0.5, 0.6) is 0 Å². The van der Waals surface area contributed by atoms with Gasteiger partial charge in [-0.15, -0.1) is 0 Å². The van der Waals surface area contributed by atoms with Crippen LogP contribution in [-0.2, 0) is 0 Å². The van der Waals surface area contributed by atoms with Gasteiger partial charge in [0, 0.05) is 25.1 Å². The van der Waals surface area contributed by atoms with Gasteiger partial charge in [-0.25, -0.2) is 9.41 Å². The van der Waals surface area contributed by atoms with Crippen molar-refractivity contribution in [3.8, 4) is 11.4 Å². The van der Waals surface area contributed by atoms with Crippen LogP contribution in [0.1, 0.15) is 17.0 Å². The lowest BCUT2D eigenvalue weighted by Crippen LogP contribution is -2.39. The molecular formula is C23H20N4+2. The van der Waals surface area contributed by atoms with Gasteiger partial charge in [-0.2, -0.15) is 4.57 Å². The first-order valence-electron chi connectivity index (χ1n) is 8.86. The molecule has 0 spiro atoms. The molecular weight excluding hydrogens is 332 g/mol. The van der Waals surface area contributed by atoms with E-state index in [1.165, 1.54) is 0 Å². The zero-order valence-corrected chi connectivity index (χ0v) is 15.6. The molecule has 4 heteroatoms. The highest BCUT2D eigenvalue weighted by atomic mass is 15.0. The predicted octanol–water partition coefficient (Wildman–Crippen LogP) is 4.26. The quantitative estimate of drug-likeness (QED) is 0.391. The van der Waals surface area contributed by atoms with Crippen LogP contribution in [0, 0.1) is 27.3 Å². The number of hydrogen-bond acceptors (Lipinski definition) is 1. The van der Waals surface area contributed by atoms with Crippen LogP contribution in [0.25, 0.3) is 27.1 Å². The molecule has 0 saturated heterocycles. The summed E-state index contributed by atoms with van der Waals surface area (Å²) >= 11 is 0. The van der Waals surface area contributed by atoms with E-state index < -0.39 is 0 Å². The summed E-state index contributed by atoms with van der Waals surface area (Å²) in [5.41, 5.74) is 6.90. The molecule has 0 fully saturated rings. The fraction of sp³-hybridized carbons (Fsp3) is 0.130. The molecule has 4 aromatic rings. The minimum atomic E-state index is 0.612. The van der Waals surface area contributed by atoms with E-state index in [0.717, 1.165) is 39.2 Å². The first kappa shape index (κ1) is 16.9. The van der Waals surface area contributed by atoms with Crippen molar-refractivity contribution in [1.29, 1.82) is 0 Å². The van der Waals surface area contributed by atoms with E-state index in [1.54, 1.807) is 0 Å². The average Bonchev–Trinajstić information content (AvgIpc) is 2.70. The Morgan fingerprint density at radius 2 is 1.59 bits per heavy atom. The second kappa shape index (κ2) is 6.62. The summed E-state index contributed by atoms with van der Waals surface area (Å²) < 4.78 is 4.20. The van der Waals surface area contributed by atoms with Gasteiger partial charge in [-0.3, -0.25) is 0 Å². The van der Waals surface area contributed by atoms with Gasteiger partial charge in [0.1, 0.15) is 11.4 Å².